The second kappa shape index (κ2) is 8.67. The number of halogens is 1. The zero-order valence-corrected chi connectivity index (χ0v) is 16.0. The van der Waals surface area contributed by atoms with Crippen LogP contribution in [0.3, 0.4) is 0 Å². The summed E-state index contributed by atoms with van der Waals surface area (Å²) < 4.78 is 5.78. The number of ether oxygens (including phenoxy) is 1. The molecule has 2 N–H and O–H groups in total. The van der Waals surface area contributed by atoms with E-state index in [9.17, 15) is 9.59 Å². The molecule has 0 bridgehead atoms. The molecule has 132 valence electrons. The Bertz CT molecular complexity index is 745. The molecule has 5 nitrogen and oxygen atoms in total. The molecule has 1 atom stereocenters. The lowest BCUT2D eigenvalue weighted by molar-refractivity contribution is -0.118. The van der Waals surface area contributed by atoms with Gasteiger partial charge in [0, 0.05) is 10.2 Å². The molecule has 2 aromatic rings. The molecule has 0 spiro atoms. The minimum absolute atomic E-state index is 0.0651. The predicted octanol–water partition coefficient (Wildman–Crippen LogP) is 3.85. The van der Waals surface area contributed by atoms with Crippen LogP contribution >= 0.6 is 15.9 Å². The Kier molecular flexibility index (Phi) is 6.58. The number of carbonyl (C=O) groups is 2. The van der Waals surface area contributed by atoms with Crippen LogP contribution in [0.4, 0.5) is 5.69 Å². The second-order valence-corrected chi connectivity index (χ2v) is 6.75. The standard InChI is InChI=1S/C19H21BrN2O3/c1-12(2)17(22-18(23)15-6-4-5-7-16(15)20)19(24)21-13-8-10-14(25-3)11-9-13/h4-12,17H,1-3H3,(H,21,24)(H,22,23)/t17-/m1/s1. The SMILES string of the molecule is COc1ccc(NC(=O)[C@H](NC(=O)c2ccccc2Br)C(C)C)cc1. The van der Waals surface area contributed by atoms with Gasteiger partial charge in [0.05, 0.1) is 12.7 Å². The van der Waals surface area contributed by atoms with Crippen molar-refractivity contribution in [2.45, 2.75) is 19.9 Å². The Labute approximate surface area is 155 Å². The average Bonchev–Trinajstić information content (AvgIpc) is 2.60. The molecule has 0 saturated carbocycles. The monoisotopic (exact) mass is 404 g/mol. The fraction of sp³-hybridized carbons (Fsp3) is 0.263. The highest BCUT2D eigenvalue weighted by Gasteiger charge is 2.25. The highest BCUT2D eigenvalue weighted by atomic mass is 79.9. The van der Waals surface area contributed by atoms with E-state index in [0.29, 0.717) is 21.5 Å². The van der Waals surface area contributed by atoms with Crippen LogP contribution < -0.4 is 15.4 Å². The Morgan fingerprint density at radius 3 is 2.24 bits per heavy atom. The quantitative estimate of drug-likeness (QED) is 0.767. The van der Waals surface area contributed by atoms with Crippen LogP contribution in [-0.4, -0.2) is 25.0 Å². The molecule has 0 aliphatic heterocycles. The van der Waals surface area contributed by atoms with Gasteiger partial charge in [-0.25, -0.2) is 0 Å². The topological polar surface area (TPSA) is 67.4 Å². The largest absolute Gasteiger partial charge is 0.497 e. The van der Waals surface area contributed by atoms with E-state index in [4.69, 9.17) is 4.74 Å². The molecule has 2 rings (SSSR count). The third kappa shape index (κ3) is 5.06. The lowest BCUT2D eigenvalue weighted by Crippen LogP contribution is -2.47. The summed E-state index contributed by atoms with van der Waals surface area (Å²) in [5.74, 6) is 0.0851. The predicted molar refractivity (Wildman–Crippen MR) is 102 cm³/mol. The van der Waals surface area contributed by atoms with Gasteiger partial charge in [-0.1, -0.05) is 26.0 Å². The van der Waals surface area contributed by atoms with E-state index in [0.717, 1.165) is 0 Å². The molecule has 2 amide bonds. The van der Waals surface area contributed by atoms with E-state index >= 15 is 0 Å². The molecular formula is C19H21BrN2O3. The zero-order valence-electron chi connectivity index (χ0n) is 14.4. The maximum atomic E-state index is 12.6. The molecule has 0 unspecified atom stereocenters. The normalized spacial score (nSPS) is 11.7. The molecule has 0 aliphatic carbocycles. The van der Waals surface area contributed by atoms with Crippen molar-refractivity contribution in [3.63, 3.8) is 0 Å². The van der Waals surface area contributed by atoms with E-state index in [1.54, 1.807) is 49.6 Å². The molecule has 6 heteroatoms. The van der Waals surface area contributed by atoms with E-state index < -0.39 is 6.04 Å². The lowest BCUT2D eigenvalue weighted by Gasteiger charge is -2.22. The van der Waals surface area contributed by atoms with Crippen molar-refractivity contribution >= 4 is 33.4 Å². The first-order valence-electron chi connectivity index (χ1n) is 7.92. The molecule has 0 fully saturated rings. The van der Waals surface area contributed by atoms with Crippen molar-refractivity contribution in [2.75, 3.05) is 12.4 Å². The fourth-order valence-electron chi connectivity index (χ4n) is 2.29. The summed E-state index contributed by atoms with van der Waals surface area (Å²) in [5, 5.41) is 5.64. The lowest BCUT2D eigenvalue weighted by atomic mass is 10.0. The highest BCUT2D eigenvalue weighted by molar-refractivity contribution is 9.10. The molecular weight excluding hydrogens is 384 g/mol. The smallest absolute Gasteiger partial charge is 0.253 e. The fourth-order valence-corrected chi connectivity index (χ4v) is 2.76. The zero-order chi connectivity index (χ0) is 18.4. The minimum Gasteiger partial charge on any atom is -0.497 e. The summed E-state index contributed by atoms with van der Waals surface area (Å²) in [7, 11) is 1.58. The van der Waals surface area contributed by atoms with Gasteiger partial charge in [0.2, 0.25) is 5.91 Å². The van der Waals surface area contributed by atoms with Gasteiger partial charge in [-0.05, 0) is 58.2 Å². The van der Waals surface area contributed by atoms with Crippen LogP contribution in [-0.2, 0) is 4.79 Å². The number of methoxy groups -OCH3 is 1. The summed E-state index contributed by atoms with van der Waals surface area (Å²) in [6, 6.07) is 13.5. The van der Waals surface area contributed by atoms with Gasteiger partial charge in [-0.2, -0.15) is 0 Å². The van der Waals surface area contributed by atoms with Crippen molar-refractivity contribution < 1.29 is 14.3 Å². The third-order valence-electron chi connectivity index (χ3n) is 3.71. The van der Waals surface area contributed by atoms with E-state index in [1.165, 1.54) is 0 Å². The molecule has 0 radical (unpaired) electrons. The van der Waals surface area contributed by atoms with Gasteiger partial charge in [-0.15, -0.1) is 0 Å². The first kappa shape index (κ1) is 19.0. The van der Waals surface area contributed by atoms with E-state index in [-0.39, 0.29) is 17.7 Å². The summed E-state index contributed by atoms with van der Waals surface area (Å²) >= 11 is 3.35. The summed E-state index contributed by atoms with van der Waals surface area (Å²) in [5.41, 5.74) is 1.14. The van der Waals surface area contributed by atoms with Crippen molar-refractivity contribution in [1.29, 1.82) is 0 Å². The maximum Gasteiger partial charge on any atom is 0.253 e. The minimum atomic E-state index is -0.651. The number of benzene rings is 2. The van der Waals surface area contributed by atoms with Crippen LogP contribution in [0.1, 0.15) is 24.2 Å². The van der Waals surface area contributed by atoms with Crippen LogP contribution in [0.2, 0.25) is 0 Å². The van der Waals surface area contributed by atoms with Crippen LogP contribution in [0.15, 0.2) is 53.0 Å². The average molecular weight is 405 g/mol. The highest BCUT2D eigenvalue weighted by Crippen LogP contribution is 2.18. The van der Waals surface area contributed by atoms with Crippen molar-refractivity contribution in [3.05, 3.63) is 58.6 Å². The van der Waals surface area contributed by atoms with Gasteiger partial charge in [0.1, 0.15) is 11.8 Å². The van der Waals surface area contributed by atoms with E-state index in [1.807, 2.05) is 19.9 Å². The summed E-state index contributed by atoms with van der Waals surface area (Å²) in [6.07, 6.45) is 0. The van der Waals surface area contributed by atoms with Gasteiger partial charge >= 0.3 is 0 Å². The van der Waals surface area contributed by atoms with E-state index in [2.05, 4.69) is 26.6 Å². The van der Waals surface area contributed by atoms with Crippen molar-refractivity contribution in [2.24, 2.45) is 5.92 Å². The Morgan fingerprint density at radius 1 is 1.04 bits per heavy atom. The first-order chi connectivity index (χ1) is 11.9. The van der Waals surface area contributed by atoms with Gasteiger partial charge in [-0.3, -0.25) is 9.59 Å². The van der Waals surface area contributed by atoms with Crippen LogP contribution in [0.5, 0.6) is 5.75 Å². The van der Waals surface area contributed by atoms with Crippen LogP contribution in [0, 0.1) is 5.92 Å². The number of anilines is 1. The Morgan fingerprint density at radius 2 is 1.68 bits per heavy atom. The summed E-state index contributed by atoms with van der Waals surface area (Å²) in [6.45, 7) is 3.77. The third-order valence-corrected chi connectivity index (χ3v) is 4.40. The van der Waals surface area contributed by atoms with Crippen molar-refractivity contribution in [1.82, 2.24) is 5.32 Å². The molecule has 25 heavy (non-hydrogen) atoms. The Hall–Kier alpha value is -2.34. The summed E-state index contributed by atoms with van der Waals surface area (Å²) in [4.78, 5) is 25.1. The molecule has 0 heterocycles. The second-order valence-electron chi connectivity index (χ2n) is 5.89. The number of rotatable bonds is 6. The maximum absolute atomic E-state index is 12.6. The molecule has 0 aromatic heterocycles. The van der Waals surface area contributed by atoms with Gasteiger partial charge in [0.15, 0.2) is 0 Å². The van der Waals surface area contributed by atoms with Crippen molar-refractivity contribution in [3.8, 4) is 5.75 Å². The number of hydrogen-bond donors (Lipinski definition) is 2. The number of amides is 2. The van der Waals surface area contributed by atoms with Crippen LogP contribution in [0.25, 0.3) is 0 Å². The van der Waals surface area contributed by atoms with Gasteiger partial charge in [0.25, 0.3) is 5.91 Å². The Balaban J connectivity index is 2.10. The molecule has 0 aliphatic rings. The van der Waals surface area contributed by atoms with Gasteiger partial charge < -0.3 is 15.4 Å². The number of hydrogen-bond acceptors (Lipinski definition) is 3. The first-order valence-corrected chi connectivity index (χ1v) is 8.72. The molecule has 0 saturated heterocycles. The number of nitrogens with one attached hydrogen (secondary N) is 2. The molecule has 2 aromatic carbocycles. The number of carbonyl (C=O) groups excluding carboxylic acids is 2.